The Bertz CT molecular complexity index is 447. The van der Waals surface area contributed by atoms with Gasteiger partial charge in [0.25, 0.3) is 0 Å². The smallest absolute Gasteiger partial charge is 0.147 e. The molecule has 1 rings (SSSR count). The van der Waals surface area contributed by atoms with Crippen molar-refractivity contribution in [3.8, 4) is 0 Å². The molecule has 2 N–H and O–H groups in total. The first-order valence-corrected chi connectivity index (χ1v) is 7.58. The van der Waals surface area contributed by atoms with E-state index in [-0.39, 0.29) is 10.6 Å². The lowest BCUT2D eigenvalue weighted by atomic mass is 9.87. The van der Waals surface area contributed by atoms with E-state index in [0.717, 1.165) is 13.1 Å². The summed E-state index contributed by atoms with van der Waals surface area (Å²) in [4.78, 5) is 2.22. The van der Waals surface area contributed by atoms with Crippen molar-refractivity contribution in [1.29, 1.82) is 0 Å². The zero-order valence-corrected chi connectivity index (χ0v) is 14.1. The highest BCUT2D eigenvalue weighted by atomic mass is 79.9. The molecule has 108 valence electrons. The fraction of sp³-hybridized carbons (Fsp3) is 0.571. The molecule has 0 fully saturated rings. The molecule has 1 aromatic carbocycles. The highest BCUT2D eigenvalue weighted by Crippen LogP contribution is 2.35. The molecule has 0 saturated carbocycles. The third-order valence-electron chi connectivity index (χ3n) is 3.74. The van der Waals surface area contributed by atoms with Crippen molar-refractivity contribution in [2.24, 2.45) is 5.73 Å². The monoisotopic (exact) mass is 350 g/mol. The van der Waals surface area contributed by atoms with Gasteiger partial charge in [0, 0.05) is 15.6 Å². The molecule has 0 saturated heterocycles. The molecule has 19 heavy (non-hydrogen) atoms. The van der Waals surface area contributed by atoms with Gasteiger partial charge in [0.05, 0.1) is 11.1 Å². The van der Waals surface area contributed by atoms with E-state index in [1.165, 1.54) is 0 Å². The predicted molar refractivity (Wildman–Crippen MR) is 83.0 cm³/mol. The van der Waals surface area contributed by atoms with Crippen LogP contribution >= 0.6 is 27.5 Å². The van der Waals surface area contributed by atoms with Crippen LogP contribution in [-0.4, -0.2) is 23.5 Å². The number of rotatable bonds is 5. The van der Waals surface area contributed by atoms with Crippen LogP contribution in [0.3, 0.4) is 0 Å². The summed E-state index contributed by atoms with van der Waals surface area (Å²) in [5, 5.41) is 0.0864. The fourth-order valence-electron chi connectivity index (χ4n) is 2.40. The van der Waals surface area contributed by atoms with Gasteiger partial charge < -0.3 is 5.73 Å². The van der Waals surface area contributed by atoms with Gasteiger partial charge in [-0.25, -0.2) is 4.39 Å². The van der Waals surface area contributed by atoms with Crippen molar-refractivity contribution in [2.75, 3.05) is 13.1 Å². The van der Waals surface area contributed by atoms with Crippen molar-refractivity contribution in [3.05, 3.63) is 33.0 Å². The molecular weight excluding hydrogens is 331 g/mol. The van der Waals surface area contributed by atoms with E-state index in [1.54, 1.807) is 12.1 Å². The summed E-state index contributed by atoms with van der Waals surface area (Å²) in [6.45, 7) is 9.93. The first-order chi connectivity index (χ1) is 8.77. The van der Waals surface area contributed by atoms with E-state index in [9.17, 15) is 4.39 Å². The van der Waals surface area contributed by atoms with Crippen molar-refractivity contribution < 1.29 is 4.39 Å². The molecule has 0 heterocycles. The lowest BCUT2D eigenvalue weighted by molar-refractivity contribution is 0.105. The molecule has 5 heteroatoms. The largest absolute Gasteiger partial charge is 0.322 e. The average molecular weight is 352 g/mol. The van der Waals surface area contributed by atoms with Crippen LogP contribution in [0.15, 0.2) is 16.6 Å². The van der Waals surface area contributed by atoms with E-state index in [1.807, 2.05) is 13.8 Å². The number of benzene rings is 1. The van der Waals surface area contributed by atoms with E-state index in [0.29, 0.717) is 10.0 Å². The Balaban J connectivity index is 3.19. The van der Waals surface area contributed by atoms with Crippen molar-refractivity contribution in [3.63, 3.8) is 0 Å². The second kappa shape index (κ2) is 6.53. The van der Waals surface area contributed by atoms with Crippen LogP contribution in [0.2, 0.25) is 5.02 Å². The summed E-state index contributed by atoms with van der Waals surface area (Å²) in [5.41, 5.74) is 6.39. The second-order valence-corrected chi connectivity index (χ2v) is 6.30. The quantitative estimate of drug-likeness (QED) is 0.799. The van der Waals surface area contributed by atoms with Gasteiger partial charge in [-0.05, 0) is 48.9 Å². The summed E-state index contributed by atoms with van der Waals surface area (Å²) >= 11 is 9.15. The van der Waals surface area contributed by atoms with Crippen molar-refractivity contribution in [1.82, 2.24) is 4.90 Å². The van der Waals surface area contributed by atoms with Crippen LogP contribution in [-0.2, 0) is 0 Å². The van der Waals surface area contributed by atoms with E-state index >= 15 is 0 Å². The van der Waals surface area contributed by atoms with Crippen molar-refractivity contribution in [2.45, 2.75) is 39.3 Å². The third-order valence-corrected chi connectivity index (χ3v) is 5.00. The number of hydrogen-bond acceptors (Lipinski definition) is 2. The maximum atomic E-state index is 14.3. The van der Waals surface area contributed by atoms with Gasteiger partial charge in [-0.15, -0.1) is 0 Å². The van der Waals surface area contributed by atoms with E-state index in [2.05, 4.69) is 34.7 Å². The molecular formula is C14H21BrClFN2. The average Bonchev–Trinajstić information content (AvgIpc) is 2.36. The molecule has 0 aliphatic carbocycles. The Morgan fingerprint density at radius 2 is 1.89 bits per heavy atom. The zero-order chi connectivity index (χ0) is 14.8. The number of likely N-dealkylation sites (N-methyl/N-ethyl adjacent to an activating group) is 1. The van der Waals surface area contributed by atoms with E-state index < -0.39 is 11.9 Å². The Morgan fingerprint density at radius 1 is 1.37 bits per heavy atom. The van der Waals surface area contributed by atoms with Crippen LogP contribution in [0.1, 0.15) is 39.3 Å². The molecule has 1 unspecified atom stereocenters. The highest BCUT2D eigenvalue weighted by molar-refractivity contribution is 9.10. The summed E-state index contributed by atoms with van der Waals surface area (Å²) in [7, 11) is 0. The molecule has 0 aliphatic heterocycles. The van der Waals surface area contributed by atoms with Crippen LogP contribution in [0.5, 0.6) is 0 Å². The minimum atomic E-state index is -0.446. The van der Waals surface area contributed by atoms with Gasteiger partial charge in [0.2, 0.25) is 0 Å². The topological polar surface area (TPSA) is 29.3 Å². The van der Waals surface area contributed by atoms with Gasteiger partial charge in [-0.3, -0.25) is 4.90 Å². The van der Waals surface area contributed by atoms with Gasteiger partial charge in [0.1, 0.15) is 5.82 Å². The summed E-state index contributed by atoms with van der Waals surface area (Å²) in [6.07, 6.45) is 0. The second-order valence-electron chi connectivity index (χ2n) is 5.07. The van der Waals surface area contributed by atoms with Crippen LogP contribution in [0.25, 0.3) is 0 Å². The first kappa shape index (κ1) is 16.9. The molecule has 0 radical (unpaired) electrons. The molecule has 0 amide bonds. The molecule has 0 aromatic heterocycles. The normalized spacial score (nSPS) is 13.9. The summed E-state index contributed by atoms with van der Waals surface area (Å²) < 4.78 is 14.8. The van der Waals surface area contributed by atoms with E-state index in [4.69, 9.17) is 17.3 Å². The molecule has 2 nitrogen and oxygen atoms in total. The molecule has 0 aliphatic rings. The standard InChI is InChI=1S/C14H21BrClFN2/c1-5-19(6-2)14(3,4)13(18)9-7-8-10(15)11(16)12(9)17/h7-8,13H,5-6,18H2,1-4H3. The maximum Gasteiger partial charge on any atom is 0.147 e. The third kappa shape index (κ3) is 3.30. The Kier molecular flexibility index (Phi) is 5.80. The first-order valence-electron chi connectivity index (χ1n) is 6.41. The van der Waals surface area contributed by atoms with Gasteiger partial charge >= 0.3 is 0 Å². The number of nitrogens with zero attached hydrogens (tertiary/aromatic N) is 1. The summed E-state index contributed by atoms with van der Waals surface area (Å²) in [5.74, 6) is -0.441. The van der Waals surface area contributed by atoms with Crippen molar-refractivity contribution >= 4 is 27.5 Å². The van der Waals surface area contributed by atoms with Crippen LogP contribution < -0.4 is 5.73 Å². The number of nitrogens with two attached hydrogens (primary N) is 1. The number of halogens is 3. The maximum absolute atomic E-state index is 14.3. The van der Waals surface area contributed by atoms with Gasteiger partial charge in [0.15, 0.2) is 0 Å². The van der Waals surface area contributed by atoms with Crippen LogP contribution in [0, 0.1) is 5.82 Å². The SMILES string of the molecule is CCN(CC)C(C)(C)C(N)c1ccc(Br)c(Cl)c1F. The minimum Gasteiger partial charge on any atom is -0.322 e. The Morgan fingerprint density at radius 3 is 2.37 bits per heavy atom. The molecule has 0 bridgehead atoms. The lowest BCUT2D eigenvalue weighted by Crippen LogP contribution is -2.51. The zero-order valence-electron chi connectivity index (χ0n) is 11.8. The molecule has 1 atom stereocenters. The van der Waals surface area contributed by atoms with Gasteiger partial charge in [-0.2, -0.15) is 0 Å². The Labute approximate surface area is 128 Å². The predicted octanol–water partition coefficient (Wildman–Crippen LogP) is 4.36. The number of hydrogen-bond donors (Lipinski definition) is 1. The van der Waals surface area contributed by atoms with Gasteiger partial charge in [-0.1, -0.05) is 31.5 Å². The minimum absolute atomic E-state index is 0.0864. The Hall–Kier alpha value is -0.160. The molecule has 0 spiro atoms. The fourth-order valence-corrected chi connectivity index (χ4v) is 2.88. The lowest BCUT2D eigenvalue weighted by Gasteiger charge is -2.42. The summed E-state index contributed by atoms with van der Waals surface area (Å²) in [6, 6.07) is 2.98. The van der Waals surface area contributed by atoms with Crippen LogP contribution in [0.4, 0.5) is 4.39 Å². The highest BCUT2D eigenvalue weighted by Gasteiger charge is 2.34. The molecule has 1 aromatic rings.